The third-order valence-electron chi connectivity index (χ3n) is 3.00. The van der Waals surface area contributed by atoms with Gasteiger partial charge in [-0.2, -0.15) is 0 Å². The van der Waals surface area contributed by atoms with Crippen LogP contribution >= 0.6 is 15.9 Å². The molecule has 0 aliphatic carbocycles. The van der Waals surface area contributed by atoms with Crippen molar-refractivity contribution in [3.05, 3.63) is 35.4 Å². The Kier molecular flexibility index (Phi) is 7.80. The molecule has 0 spiro atoms. The molecule has 0 fully saturated rings. The highest BCUT2D eigenvalue weighted by atomic mass is 79.9. The molecule has 0 saturated carbocycles. The summed E-state index contributed by atoms with van der Waals surface area (Å²) < 4.78 is 5.18. The van der Waals surface area contributed by atoms with E-state index in [0.29, 0.717) is 6.61 Å². The van der Waals surface area contributed by atoms with Crippen LogP contribution in [0.2, 0.25) is 0 Å². The largest absolute Gasteiger partial charge is 0.465 e. The number of ether oxygens (including phenoxy) is 1. The molecule has 0 saturated heterocycles. The summed E-state index contributed by atoms with van der Waals surface area (Å²) in [7, 11) is 0. The van der Waals surface area contributed by atoms with Crippen molar-refractivity contribution in [1.82, 2.24) is 0 Å². The molecule has 0 aliphatic heterocycles. The van der Waals surface area contributed by atoms with E-state index in [4.69, 9.17) is 4.74 Å². The Morgan fingerprint density at radius 1 is 1.37 bits per heavy atom. The molecule has 1 atom stereocenters. The molecular formula is C16H23BrO2. The molecule has 0 radical (unpaired) electrons. The second-order valence-corrected chi connectivity index (χ2v) is 5.98. The highest BCUT2D eigenvalue weighted by Crippen LogP contribution is 2.14. The lowest BCUT2D eigenvalue weighted by molar-refractivity contribution is -0.143. The molecule has 3 heteroatoms. The Hall–Kier alpha value is -0.830. The van der Waals surface area contributed by atoms with E-state index >= 15 is 0 Å². The van der Waals surface area contributed by atoms with Gasteiger partial charge in [-0.15, -0.1) is 0 Å². The van der Waals surface area contributed by atoms with Crippen LogP contribution in [0, 0.1) is 6.92 Å². The van der Waals surface area contributed by atoms with Crippen LogP contribution in [0.1, 0.15) is 43.7 Å². The summed E-state index contributed by atoms with van der Waals surface area (Å²) in [4.78, 5) is 11.5. The normalized spacial score (nSPS) is 12.2. The van der Waals surface area contributed by atoms with Crippen molar-refractivity contribution in [3.8, 4) is 0 Å². The fourth-order valence-electron chi connectivity index (χ4n) is 1.88. The predicted octanol–water partition coefficient (Wildman–Crippen LogP) is 4.42. The van der Waals surface area contributed by atoms with Crippen LogP contribution in [-0.2, 0) is 16.0 Å². The number of benzene rings is 1. The van der Waals surface area contributed by atoms with Gasteiger partial charge in [-0.05, 0) is 38.2 Å². The van der Waals surface area contributed by atoms with Crippen LogP contribution < -0.4 is 0 Å². The Morgan fingerprint density at radius 2 is 2.16 bits per heavy atom. The molecular weight excluding hydrogens is 304 g/mol. The highest BCUT2D eigenvalue weighted by molar-refractivity contribution is 9.10. The van der Waals surface area contributed by atoms with Crippen molar-refractivity contribution in [1.29, 1.82) is 0 Å². The lowest BCUT2D eigenvalue weighted by Gasteiger charge is -2.10. The molecule has 19 heavy (non-hydrogen) atoms. The summed E-state index contributed by atoms with van der Waals surface area (Å²) in [5.74, 6) is -0.127. The number of carbonyl (C=O) groups is 1. The van der Waals surface area contributed by atoms with Gasteiger partial charge in [0.25, 0.3) is 0 Å². The summed E-state index contributed by atoms with van der Waals surface area (Å²) >= 11 is 3.41. The van der Waals surface area contributed by atoms with E-state index in [1.807, 2.05) is 0 Å². The van der Waals surface area contributed by atoms with Crippen LogP contribution in [0.4, 0.5) is 0 Å². The lowest BCUT2D eigenvalue weighted by Crippen LogP contribution is -2.18. The highest BCUT2D eigenvalue weighted by Gasteiger charge is 2.15. The summed E-state index contributed by atoms with van der Waals surface area (Å²) in [6, 6.07) is 8.51. The number of aryl methyl sites for hydroxylation is 2. The first-order chi connectivity index (χ1) is 9.13. The maximum Gasteiger partial charge on any atom is 0.319 e. The van der Waals surface area contributed by atoms with Gasteiger partial charge in [0.05, 0.1) is 6.61 Å². The Labute approximate surface area is 124 Å². The van der Waals surface area contributed by atoms with Crippen LogP contribution in [0.5, 0.6) is 0 Å². The fraction of sp³-hybridized carbons (Fsp3) is 0.562. The molecule has 0 amide bonds. The number of hydrogen-bond acceptors (Lipinski definition) is 2. The van der Waals surface area contributed by atoms with Gasteiger partial charge >= 0.3 is 5.97 Å². The molecule has 1 rings (SSSR count). The second kappa shape index (κ2) is 9.13. The van der Waals surface area contributed by atoms with Gasteiger partial charge < -0.3 is 4.74 Å². The van der Waals surface area contributed by atoms with Gasteiger partial charge in [0.1, 0.15) is 4.83 Å². The summed E-state index contributed by atoms with van der Waals surface area (Å²) in [5.41, 5.74) is 2.62. The van der Waals surface area contributed by atoms with E-state index in [9.17, 15) is 4.79 Å². The van der Waals surface area contributed by atoms with Crippen molar-refractivity contribution in [2.24, 2.45) is 0 Å². The first-order valence-electron chi connectivity index (χ1n) is 6.99. The zero-order valence-corrected chi connectivity index (χ0v) is 13.4. The molecule has 1 aromatic carbocycles. The first kappa shape index (κ1) is 16.2. The van der Waals surface area contributed by atoms with Gasteiger partial charge in [-0.3, -0.25) is 4.79 Å². The van der Waals surface area contributed by atoms with Gasteiger partial charge in [-0.1, -0.05) is 59.1 Å². The van der Waals surface area contributed by atoms with E-state index in [1.165, 1.54) is 11.1 Å². The van der Waals surface area contributed by atoms with Crippen LogP contribution in [0.3, 0.4) is 0 Å². The molecule has 0 heterocycles. The third-order valence-corrected chi connectivity index (χ3v) is 3.84. The summed E-state index contributed by atoms with van der Waals surface area (Å²) in [6.45, 7) is 4.72. The lowest BCUT2D eigenvalue weighted by atomic mass is 10.1. The third kappa shape index (κ3) is 6.76. The fourth-order valence-corrected chi connectivity index (χ4v) is 2.33. The zero-order valence-electron chi connectivity index (χ0n) is 11.8. The van der Waals surface area contributed by atoms with E-state index in [2.05, 4.69) is 54.0 Å². The van der Waals surface area contributed by atoms with Crippen LogP contribution in [-0.4, -0.2) is 17.4 Å². The molecule has 0 aliphatic rings. The van der Waals surface area contributed by atoms with Gasteiger partial charge in [0.2, 0.25) is 0 Å². The minimum atomic E-state index is -0.172. The topological polar surface area (TPSA) is 26.3 Å². The van der Waals surface area contributed by atoms with E-state index in [0.717, 1.165) is 32.1 Å². The first-order valence-corrected chi connectivity index (χ1v) is 7.91. The Balaban J connectivity index is 2.23. The Morgan fingerprint density at radius 3 is 2.84 bits per heavy atom. The number of esters is 1. The number of hydrogen-bond donors (Lipinski definition) is 0. The molecule has 1 unspecified atom stereocenters. The second-order valence-electron chi connectivity index (χ2n) is 4.87. The number of alkyl halides is 1. The maximum absolute atomic E-state index is 11.6. The monoisotopic (exact) mass is 326 g/mol. The van der Waals surface area contributed by atoms with Crippen LogP contribution in [0.25, 0.3) is 0 Å². The van der Waals surface area contributed by atoms with Gasteiger partial charge in [-0.25, -0.2) is 0 Å². The molecule has 0 N–H and O–H groups in total. The predicted molar refractivity (Wildman–Crippen MR) is 82.7 cm³/mol. The maximum atomic E-state index is 11.6. The number of unbranched alkanes of at least 4 members (excludes halogenated alkanes) is 1. The molecule has 0 bridgehead atoms. The average Bonchev–Trinajstić information content (AvgIpc) is 2.39. The van der Waals surface area contributed by atoms with Crippen molar-refractivity contribution in [3.63, 3.8) is 0 Å². The standard InChI is InChI=1S/C16H23BrO2/c1-3-4-11-19-16(18)15(17)10-6-9-14-8-5-7-13(2)12-14/h5,7-8,12,15H,3-4,6,9-11H2,1-2H3. The molecule has 0 aromatic heterocycles. The number of rotatable bonds is 8. The summed E-state index contributed by atoms with van der Waals surface area (Å²) in [6.07, 6.45) is 4.80. The van der Waals surface area contributed by atoms with Gasteiger partial charge in [0.15, 0.2) is 0 Å². The average molecular weight is 327 g/mol. The quantitative estimate of drug-likeness (QED) is 0.401. The van der Waals surface area contributed by atoms with Crippen molar-refractivity contribution < 1.29 is 9.53 Å². The van der Waals surface area contributed by atoms with E-state index in [-0.39, 0.29) is 10.8 Å². The summed E-state index contributed by atoms with van der Waals surface area (Å²) in [5, 5.41) is 0. The van der Waals surface area contributed by atoms with Crippen molar-refractivity contribution in [2.45, 2.75) is 50.8 Å². The molecule has 2 nitrogen and oxygen atoms in total. The van der Waals surface area contributed by atoms with E-state index in [1.54, 1.807) is 0 Å². The van der Waals surface area contributed by atoms with E-state index < -0.39 is 0 Å². The Bertz CT molecular complexity index is 390. The van der Waals surface area contributed by atoms with Crippen molar-refractivity contribution >= 4 is 21.9 Å². The minimum Gasteiger partial charge on any atom is -0.465 e. The van der Waals surface area contributed by atoms with Crippen molar-refractivity contribution in [2.75, 3.05) is 6.61 Å². The number of halogens is 1. The molecule has 1 aromatic rings. The van der Waals surface area contributed by atoms with Crippen LogP contribution in [0.15, 0.2) is 24.3 Å². The molecule has 106 valence electrons. The number of carbonyl (C=O) groups excluding carboxylic acids is 1. The SMILES string of the molecule is CCCCOC(=O)C(Br)CCCc1cccc(C)c1. The smallest absolute Gasteiger partial charge is 0.319 e. The minimum absolute atomic E-state index is 0.127. The van der Waals surface area contributed by atoms with Gasteiger partial charge in [0, 0.05) is 0 Å². The zero-order chi connectivity index (χ0) is 14.1.